The summed E-state index contributed by atoms with van der Waals surface area (Å²) in [6, 6.07) is 8.96. The summed E-state index contributed by atoms with van der Waals surface area (Å²) in [6.07, 6.45) is -2.10. The van der Waals surface area contributed by atoms with Gasteiger partial charge in [0, 0.05) is 39.8 Å². The molecule has 0 radical (unpaired) electrons. The normalized spacial score (nSPS) is 18.0. The Kier molecular flexibility index (Phi) is 5.55. The summed E-state index contributed by atoms with van der Waals surface area (Å²) in [6.45, 7) is 1.00. The highest BCUT2D eigenvalue weighted by atomic mass is 19.4. The molecule has 2 aromatic rings. The number of alkyl halides is 3. The molecule has 1 N–H and O–H groups in total. The molecule has 0 aliphatic carbocycles. The number of halogens is 3. The molecule has 2 atom stereocenters. The molecule has 5 nitrogen and oxygen atoms in total. The van der Waals surface area contributed by atoms with Gasteiger partial charge in [-0.25, -0.2) is 4.98 Å². The van der Waals surface area contributed by atoms with E-state index in [1.54, 1.807) is 18.7 Å². The van der Waals surface area contributed by atoms with Gasteiger partial charge in [0.1, 0.15) is 11.9 Å². The maximum atomic E-state index is 12.8. The van der Waals surface area contributed by atoms with E-state index in [1.807, 2.05) is 30.3 Å². The first kappa shape index (κ1) is 19.4. The number of rotatable bonds is 5. The van der Waals surface area contributed by atoms with E-state index in [0.717, 1.165) is 18.2 Å². The lowest BCUT2D eigenvalue weighted by Crippen LogP contribution is -2.40. The monoisotopic (exact) mass is 380 g/mol. The van der Waals surface area contributed by atoms with Gasteiger partial charge in [0.25, 0.3) is 0 Å². The number of carbonyl (C=O) groups excluding carboxylic acids is 1. The van der Waals surface area contributed by atoms with Gasteiger partial charge in [-0.15, -0.1) is 0 Å². The first-order valence-electron chi connectivity index (χ1n) is 8.88. The number of fused-ring (bicyclic) bond motifs is 1. The maximum Gasteiger partial charge on any atom is 0.434 e. The maximum absolute atomic E-state index is 12.8. The highest BCUT2D eigenvalue weighted by Gasteiger charge is 2.36. The predicted octanol–water partition coefficient (Wildman–Crippen LogP) is 2.88. The smallest absolute Gasteiger partial charge is 0.347 e. The molecule has 1 aliphatic rings. The van der Waals surface area contributed by atoms with Crippen molar-refractivity contribution < 1.29 is 18.0 Å². The van der Waals surface area contributed by atoms with Gasteiger partial charge in [-0.05, 0) is 17.9 Å². The number of aromatic nitrogens is 2. The van der Waals surface area contributed by atoms with E-state index in [1.165, 1.54) is 4.90 Å². The first-order valence-corrected chi connectivity index (χ1v) is 8.88. The van der Waals surface area contributed by atoms with E-state index in [-0.39, 0.29) is 11.8 Å². The summed E-state index contributed by atoms with van der Waals surface area (Å²) < 4.78 is 40.1. The number of carbonyl (C=O) groups is 1. The van der Waals surface area contributed by atoms with Crippen LogP contribution in [0.4, 0.5) is 13.2 Å². The number of hydrogen-bond acceptors (Lipinski definition) is 3. The molecule has 3 rings (SSSR count). The number of nitrogens with zero attached hydrogens (tertiary/aromatic N) is 3. The summed E-state index contributed by atoms with van der Waals surface area (Å²) in [4.78, 5) is 17.8. The largest absolute Gasteiger partial charge is 0.434 e. The van der Waals surface area contributed by atoms with E-state index < -0.39 is 17.9 Å². The van der Waals surface area contributed by atoms with Crippen LogP contribution in [-0.2, 0) is 23.9 Å². The molecular formula is C19H23F3N4O. The van der Waals surface area contributed by atoms with E-state index in [4.69, 9.17) is 0 Å². The molecular weight excluding hydrogens is 357 g/mol. The van der Waals surface area contributed by atoms with Gasteiger partial charge in [-0.2, -0.15) is 13.2 Å². The zero-order valence-corrected chi connectivity index (χ0v) is 15.3. The Labute approximate surface area is 156 Å². The third-order valence-corrected chi connectivity index (χ3v) is 4.81. The molecule has 1 amide bonds. The van der Waals surface area contributed by atoms with Crippen LogP contribution in [0.2, 0.25) is 0 Å². The molecule has 2 heterocycles. The molecule has 1 aliphatic heterocycles. The minimum absolute atomic E-state index is 0.0558. The van der Waals surface area contributed by atoms with Gasteiger partial charge in [0.05, 0.1) is 0 Å². The number of amides is 1. The molecule has 1 aromatic heterocycles. The molecule has 0 bridgehead atoms. The zero-order chi connectivity index (χ0) is 19.6. The van der Waals surface area contributed by atoms with Gasteiger partial charge in [0.2, 0.25) is 5.91 Å². The molecule has 0 saturated carbocycles. The summed E-state index contributed by atoms with van der Waals surface area (Å²) in [7, 11) is 3.41. The molecule has 0 unspecified atom stereocenters. The minimum Gasteiger partial charge on any atom is -0.347 e. The first-order chi connectivity index (χ1) is 12.8. The predicted molar refractivity (Wildman–Crippen MR) is 94.9 cm³/mol. The van der Waals surface area contributed by atoms with Gasteiger partial charge in [-0.1, -0.05) is 30.3 Å². The lowest BCUT2D eigenvalue weighted by molar-refractivity contribution is -0.141. The third-order valence-electron chi connectivity index (χ3n) is 4.81. The average Bonchev–Trinajstić information content (AvgIpc) is 3.06. The quantitative estimate of drug-likeness (QED) is 0.868. The van der Waals surface area contributed by atoms with Gasteiger partial charge < -0.3 is 14.8 Å². The van der Waals surface area contributed by atoms with Crippen LogP contribution in [0.25, 0.3) is 0 Å². The number of hydrogen-bond donors (Lipinski definition) is 1. The van der Waals surface area contributed by atoms with Crippen molar-refractivity contribution in [2.75, 3.05) is 20.6 Å². The number of imidazole rings is 1. The van der Waals surface area contributed by atoms with Gasteiger partial charge >= 0.3 is 6.18 Å². The number of likely N-dealkylation sites (N-methyl/N-ethyl adjacent to an activating group) is 1. The fraction of sp³-hybridized carbons (Fsp3) is 0.474. The van der Waals surface area contributed by atoms with E-state index in [9.17, 15) is 18.0 Å². The van der Waals surface area contributed by atoms with Gasteiger partial charge in [0.15, 0.2) is 5.69 Å². The van der Waals surface area contributed by atoms with E-state index in [0.29, 0.717) is 25.3 Å². The highest BCUT2D eigenvalue weighted by Crippen LogP contribution is 2.30. The second-order valence-corrected chi connectivity index (χ2v) is 7.08. The summed E-state index contributed by atoms with van der Waals surface area (Å²) in [5.74, 6) is 0.552. The fourth-order valence-electron chi connectivity index (χ4n) is 3.35. The molecule has 0 fully saturated rings. The summed E-state index contributed by atoms with van der Waals surface area (Å²) in [5, 5.41) is 3.31. The lowest BCUT2D eigenvalue weighted by Gasteiger charge is -2.27. The zero-order valence-electron chi connectivity index (χ0n) is 15.3. The second kappa shape index (κ2) is 7.72. The second-order valence-electron chi connectivity index (χ2n) is 7.08. The summed E-state index contributed by atoms with van der Waals surface area (Å²) in [5.41, 5.74) is 0.0331. The van der Waals surface area contributed by atoms with Crippen molar-refractivity contribution >= 4 is 5.91 Å². The van der Waals surface area contributed by atoms with Gasteiger partial charge in [-0.3, -0.25) is 4.79 Å². The van der Waals surface area contributed by atoms with Crippen molar-refractivity contribution in [3.8, 4) is 0 Å². The molecule has 0 spiro atoms. The topological polar surface area (TPSA) is 50.2 Å². The lowest BCUT2D eigenvalue weighted by atomic mass is 9.98. The molecule has 27 heavy (non-hydrogen) atoms. The van der Waals surface area contributed by atoms with Crippen LogP contribution in [0.5, 0.6) is 0 Å². The van der Waals surface area contributed by atoms with Crippen LogP contribution in [0.3, 0.4) is 0 Å². The Morgan fingerprint density at radius 1 is 1.33 bits per heavy atom. The van der Waals surface area contributed by atoms with Crippen LogP contribution < -0.4 is 5.32 Å². The molecule has 146 valence electrons. The Hall–Kier alpha value is -2.35. The third kappa shape index (κ3) is 4.50. The van der Waals surface area contributed by atoms with Crippen molar-refractivity contribution in [1.82, 2.24) is 19.8 Å². The molecule has 1 aromatic carbocycles. The Morgan fingerprint density at radius 2 is 2.04 bits per heavy atom. The van der Waals surface area contributed by atoms with E-state index >= 15 is 0 Å². The number of benzene rings is 1. The summed E-state index contributed by atoms with van der Waals surface area (Å²) >= 11 is 0. The van der Waals surface area contributed by atoms with Crippen molar-refractivity contribution in [3.05, 3.63) is 53.6 Å². The Bertz CT molecular complexity index is 786. The van der Waals surface area contributed by atoms with Crippen molar-refractivity contribution in [1.29, 1.82) is 0 Å². The van der Waals surface area contributed by atoms with Crippen LogP contribution in [-0.4, -0.2) is 41.0 Å². The number of nitrogens with one attached hydrogen (secondary N) is 1. The fourth-order valence-corrected chi connectivity index (χ4v) is 3.35. The number of aryl methyl sites for hydroxylation is 1. The van der Waals surface area contributed by atoms with E-state index in [2.05, 4.69) is 10.3 Å². The van der Waals surface area contributed by atoms with Crippen LogP contribution in [0, 0.1) is 5.92 Å². The standard InChI is InChI=1S/C19H23F3N4O/c1-25(2)18(27)17(14-6-4-3-5-7-14)23-10-13-8-9-16-24-15(19(20,21)22)12-26(16)11-13/h3-7,12-13,17,23H,8-11H2,1-2H3/t13-,17-/m1/s1. The Morgan fingerprint density at radius 3 is 2.67 bits per heavy atom. The van der Waals surface area contributed by atoms with Crippen LogP contribution in [0.1, 0.15) is 29.5 Å². The van der Waals surface area contributed by atoms with Crippen molar-refractivity contribution in [3.63, 3.8) is 0 Å². The molecule has 8 heteroatoms. The average molecular weight is 380 g/mol. The minimum atomic E-state index is -4.42. The highest BCUT2D eigenvalue weighted by molar-refractivity contribution is 5.82. The van der Waals surface area contributed by atoms with Crippen LogP contribution in [0.15, 0.2) is 36.5 Å². The molecule has 0 saturated heterocycles. The van der Waals surface area contributed by atoms with Crippen molar-refractivity contribution in [2.24, 2.45) is 5.92 Å². The van der Waals surface area contributed by atoms with Crippen LogP contribution >= 0.6 is 0 Å². The SMILES string of the molecule is CN(C)C(=O)[C@H](NC[C@H]1CCc2nc(C(F)(F)F)cn2C1)c1ccccc1. The Balaban J connectivity index is 1.68. The van der Waals surface area contributed by atoms with Crippen molar-refractivity contribution in [2.45, 2.75) is 31.6 Å².